The highest BCUT2D eigenvalue weighted by Gasteiger charge is 2.32. The van der Waals surface area contributed by atoms with Crippen LogP contribution in [0.2, 0.25) is 0 Å². The van der Waals surface area contributed by atoms with Gasteiger partial charge in [0.2, 0.25) is 0 Å². The Bertz CT molecular complexity index is 1370. The van der Waals surface area contributed by atoms with E-state index in [1.807, 2.05) is 0 Å². The zero-order chi connectivity index (χ0) is 23.0. The first-order valence-corrected chi connectivity index (χ1v) is 10.8. The summed E-state index contributed by atoms with van der Waals surface area (Å²) < 4.78 is 40.4. The molecule has 1 aliphatic rings. The van der Waals surface area contributed by atoms with Gasteiger partial charge < -0.3 is 5.32 Å². The molecule has 0 radical (unpaired) electrons. The average molecular weight is 453 g/mol. The fourth-order valence-electron chi connectivity index (χ4n) is 3.19. The molecule has 0 fully saturated rings. The third kappa shape index (κ3) is 3.95. The molecule has 0 aromatic heterocycles. The summed E-state index contributed by atoms with van der Waals surface area (Å²) in [5, 5.41) is 2.63. The molecule has 8 nitrogen and oxygen atoms in total. The van der Waals surface area contributed by atoms with Crippen LogP contribution in [-0.4, -0.2) is 38.1 Å². The lowest BCUT2D eigenvalue weighted by Crippen LogP contribution is -2.24. The highest BCUT2D eigenvalue weighted by molar-refractivity contribution is 7.92. The highest BCUT2D eigenvalue weighted by atomic mass is 32.2. The molecule has 3 aromatic carbocycles. The van der Waals surface area contributed by atoms with Crippen molar-refractivity contribution in [2.45, 2.75) is 4.90 Å². The Hall–Kier alpha value is -4.05. The van der Waals surface area contributed by atoms with Crippen LogP contribution in [0.1, 0.15) is 31.1 Å². The highest BCUT2D eigenvalue weighted by Crippen LogP contribution is 2.25. The number of nitrogens with one attached hydrogen (secondary N) is 2. The number of fused-ring (bicyclic) bond motifs is 1. The molecule has 4 rings (SSSR count). The molecule has 10 heteroatoms. The van der Waals surface area contributed by atoms with Crippen molar-refractivity contribution in [3.05, 3.63) is 89.2 Å². The van der Waals surface area contributed by atoms with Gasteiger partial charge in [0.05, 0.1) is 16.0 Å². The van der Waals surface area contributed by atoms with Crippen molar-refractivity contribution in [2.75, 3.05) is 17.1 Å². The largest absolute Gasteiger partial charge is 0.322 e. The fraction of sp³-hybridized carbons (Fsp3) is 0.0455. The van der Waals surface area contributed by atoms with Crippen LogP contribution in [0.25, 0.3) is 0 Å². The minimum Gasteiger partial charge on any atom is -0.322 e. The van der Waals surface area contributed by atoms with Gasteiger partial charge in [0.1, 0.15) is 5.82 Å². The summed E-state index contributed by atoms with van der Waals surface area (Å²) in [5.74, 6) is -1.98. The molecule has 1 heterocycles. The normalized spacial score (nSPS) is 13.1. The van der Waals surface area contributed by atoms with E-state index in [0.29, 0.717) is 5.69 Å². The van der Waals surface area contributed by atoms with Gasteiger partial charge in [-0.2, -0.15) is 0 Å². The van der Waals surface area contributed by atoms with E-state index in [1.54, 1.807) is 0 Å². The average Bonchev–Trinajstić information content (AvgIpc) is 2.97. The number of amides is 3. The second-order valence-electron chi connectivity index (χ2n) is 7.02. The van der Waals surface area contributed by atoms with E-state index in [-0.39, 0.29) is 27.3 Å². The summed E-state index contributed by atoms with van der Waals surface area (Å²) >= 11 is 0. The fourth-order valence-corrected chi connectivity index (χ4v) is 4.24. The monoisotopic (exact) mass is 453 g/mol. The van der Waals surface area contributed by atoms with Gasteiger partial charge in [-0.3, -0.25) is 24.0 Å². The molecule has 0 unspecified atom stereocenters. The second-order valence-corrected chi connectivity index (χ2v) is 8.71. The van der Waals surface area contributed by atoms with Crippen LogP contribution in [0.3, 0.4) is 0 Å². The predicted molar refractivity (Wildman–Crippen MR) is 114 cm³/mol. The second kappa shape index (κ2) is 7.89. The van der Waals surface area contributed by atoms with Crippen molar-refractivity contribution in [2.24, 2.45) is 0 Å². The predicted octanol–water partition coefficient (Wildman–Crippen LogP) is 3.10. The lowest BCUT2D eigenvalue weighted by atomic mass is 10.1. The molecule has 0 bridgehead atoms. The van der Waals surface area contributed by atoms with E-state index >= 15 is 0 Å². The number of imide groups is 1. The smallest absolute Gasteiger partial charge is 0.261 e. The number of hydrogen-bond donors (Lipinski definition) is 2. The number of rotatable bonds is 5. The molecule has 0 saturated carbocycles. The number of anilines is 2. The van der Waals surface area contributed by atoms with Crippen LogP contribution in [0, 0.1) is 5.82 Å². The Morgan fingerprint density at radius 2 is 1.56 bits per heavy atom. The number of sulfonamides is 1. The van der Waals surface area contributed by atoms with Crippen LogP contribution in [0.5, 0.6) is 0 Å². The lowest BCUT2D eigenvalue weighted by Gasteiger charge is -2.10. The zero-order valence-corrected chi connectivity index (χ0v) is 17.4. The summed E-state index contributed by atoms with van der Waals surface area (Å²) in [5.41, 5.74) is 1.05. The van der Waals surface area contributed by atoms with Gasteiger partial charge in [-0.05, 0) is 60.7 Å². The number of carbonyl (C=O) groups excluding carboxylic acids is 3. The first-order valence-electron chi connectivity index (χ1n) is 9.32. The SMILES string of the molecule is CN1C(=O)c2ccc(NC(=O)c3cccc(NS(=O)(=O)c4ccc(F)cc4)c3)cc2C1=O. The zero-order valence-electron chi connectivity index (χ0n) is 16.6. The molecule has 2 N–H and O–H groups in total. The van der Waals surface area contributed by atoms with Crippen molar-refractivity contribution < 1.29 is 27.2 Å². The molecular weight excluding hydrogens is 437 g/mol. The van der Waals surface area contributed by atoms with Crippen molar-refractivity contribution in [3.63, 3.8) is 0 Å². The molecule has 0 atom stereocenters. The maximum absolute atomic E-state index is 13.1. The lowest BCUT2D eigenvalue weighted by molar-refractivity contribution is 0.0692. The molecule has 0 saturated heterocycles. The molecule has 162 valence electrons. The molecule has 3 aromatic rings. The summed E-state index contributed by atoms with van der Waals surface area (Å²) in [6, 6.07) is 14.5. The Morgan fingerprint density at radius 3 is 2.28 bits per heavy atom. The van der Waals surface area contributed by atoms with E-state index in [9.17, 15) is 27.2 Å². The van der Waals surface area contributed by atoms with E-state index in [4.69, 9.17) is 0 Å². The standard InChI is InChI=1S/C22H16FN3O5S/c1-26-21(28)18-10-7-15(12-19(18)22(26)29)24-20(27)13-3-2-4-16(11-13)25-32(30,31)17-8-5-14(23)6-9-17/h2-12,25H,1H3,(H,24,27). The summed E-state index contributed by atoms with van der Waals surface area (Å²) in [7, 11) is -2.60. The number of halogens is 1. The number of benzene rings is 3. The van der Waals surface area contributed by atoms with Crippen molar-refractivity contribution in [3.8, 4) is 0 Å². The quantitative estimate of drug-likeness (QED) is 0.577. The minimum atomic E-state index is -3.98. The summed E-state index contributed by atoms with van der Waals surface area (Å²) in [6.45, 7) is 0. The Labute approximate surface area is 182 Å². The van der Waals surface area contributed by atoms with Gasteiger partial charge >= 0.3 is 0 Å². The first kappa shape index (κ1) is 21.2. The third-order valence-electron chi connectivity index (χ3n) is 4.85. The Balaban J connectivity index is 1.53. The van der Waals surface area contributed by atoms with Gasteiger partial charge in [0, 0.05) is 24.0 Å². The first-order chi connectivity index (χ1) is 15.2. The number of nitrogens with zero attached hydrogens (tertiary/aromatic N) is 1. The van der Waals surface area contributed by atoms with Crippen LogP contribution in [-0.2, 0) is 10.0 Å². The number of hydrogen-bond acceptors (Lipinski definition) is 5. The number of carbonyl (C=O) groups is 3. The van der Waals surface area contributed by atoms with Crippen molar-refractivity contribution in [1.29, 1.82) is 0 Å². The van der Waals surface area contributed by atoms with Gasteiger partial charge in [-0.15, -0.1) is 0 Å². The van der Waals surface area contributed by atoms with E-state index in [1.165, 1.54) is 49.5 Å². The van der Waals surface area contributed by atoms with E-state index in [0.717, 1.165) is 29.2 Å². The third-order valence-corrected chi connectivity index (χ3v) is 6.25. The summed E-state index contributed by atoms with van der Waals surface area (Å²) in [6.07, 6.45) is 0. The van der Waals surface area contributed by atoms with Crippen molar-refractivity contribution >= 4 is 39.1 Å². The Kier molecular flexibility index (Phi) is 5.23. The molecule has 0 aliphatic carbocycles. The van der Waals surface area contributed by atoms with Gasteiger partial charge in [0.25, 0.3) is 27.7 Å². The van der Waals surface area contributed by atoms with Gasteiger partial charge in [-0.25, -0.2) is 12.8 Å². The van der Waals surface area contributed by atoms with Crippen LogP contribution in [0.4, 0.5) is 15.8 Å². The molecule has 0 spiro atoms. The molecule has 1 aliphatic heterocycles. The van der Waals surface area contributed by atoms with Crippen molar-refractivity contribution in [1.82, 2.24) is 4.90 Å². The van der Waals surface area contributed by atoms with E-state index in [2.05, 4.69) is 10.0 Å². The van der Waals surface area contributed by atoms with Gasteiger partial charge in [-0.1, -0.05) is 6.07 Å². The minimum absolute atomic E-state index is 0.129. The van der Waals surface area contributed by atoms with Gasteiger partial charge in [0.15, 0.2) is 0 Å². The summed E-state index contributed by atoms with van der Waals surface area (Å²) in [4.78, 5) is 37.6. The van der Waals surface area contributed by atoms with E-state index < -0.39 is 33.6 Å². The Morgan fingerprint density at radius 1 is 0.875 bits per heavy atom. The maximum Gasteiger partial charge on any atom is 0.261 e. The maximum atomic E-state index is 13.1. The molecule has 3 amide bonds. The van der Waals surface area contributed by atoms with Crippen LogP contribution < -0.4 is 10.0 Å². The topological polar surface area (TPSA) is 113 Å². The van der Waals surface area contributed by atoms with Crippen LogP contribution in [0.15, 0.2) is 71.6 Å². The van der Waals surface area contributed by atoms with Crippen LogP contribution >= 0.6 is 0 Å². The molecule has 32 heavy (non-hydrogen) atoms. The molecular formula is C22H16FN3O5S.